The summed E-state index contributed by atoms with van der Waals surface area (Å²) >= 11 is 0. The highest BCUT2D eigenvalue weighted by atomic mass is 16.5. The molecule has 0 unspecified atom stereocenters. The van der Waals surface area contributed by atoms with Crippen molar-refractivity contribution in [2.75, 3.05) is 18.4 Å². The highest BCUT2D eigenvalue weighted by Gasteiger charge is 2.26. The number of aromatic nitrogens is 2. The number of aryl methyl sites for hydroxylation is 1. The summed E-state index contributed by atoms with van der Waals surface area (Å²) in [5, 5.41) is 16.3. The Morgan fingerprint density at radius 1 is 1.39 bits per heavy atom. The first-order valence-corrected chi connectivity index (χ1v) is 7.72. The largest absolute Gasteiger partial charge is 0.506 e. The molecule has 7 nitrogen and oxygen atoms in total. The molecular formula is C16H20N4O3. The van der Waals surface area contributed by atoms with Gasteiger partial charge in [0, 0.05) is 5.92 Å². The Morgan fingerprint density at radius 3 is 2.78 bits per heavy atom. The summed E-state index contributed by atoms with van der Waals surface area (Å²) in [4.78, 5) is 18.7. The number of phenolic OH excluding ortho intramolecular Hbond substituents is 1. The van der Waals surface area contributed by atoms with Gasteiger partial charge in [-0.05, 0) is 45.0 Å². The smallest absolute Gasteiger partial charge is 0.240 e. The topological polar surface area (TPSA) is 91.5 Å². The van der Waals surface area contributed by atoms with E-state index in [1.165, 1.54) is 0 Å². The van der Waals surface area contributed by atoms with Crippen LogP contribution in [0.5, 0.6) is 5.75 Å². The minimum absolute atomic E-state index is 0.0419. The molecule has 1 fully saturated rings. The summed E-state index contributed by atoms with van der Waals surface area (Å²) in [7, 11) is 0. The summed E-state index contributed by atoms with van der Waals surface area (Å²) in [6.45, 7) is 4.03. The Bertz CT molecular complexity index is 677. The van der Waals surface area contributed by atoms with Crippen LogP contribution in [0.15, 0.2) is 28.8 Å². The van der Waals surface area contributed by atoms with E-state index >= 15 is 0 Å². The number of para-hydroxylation sites is 2. The molecule has 2 N–H and O–H groups in total. The molecule has 1 saturated heterocycles. The first-order chi connectivity index (χ1) is 11.1. The fourth-order valence-corrected chi connectivity index (χ4v) is 2.76. The molecule has 23 heavy (non-hydrogen) atoms. The van der Waals surface area contributed by atoms with Gasteiger partial charge in [-0.3, -0.25) is 9.69 Å². The second-order valence-electron chi connectivity index (χ2n) is 5.79. The number of aromatic hydroxyl groups is 1. The molecule has 0 aliphatic carbocycles. The van der Waals surface area contributed by atoms with E-state index in [2.05, 4.69) is 20.4 Å². The SMILES string of the molecule is Cc1noc(CN2CCC(C(=O)Nc3ccccc3O)CC2)n1. The minimum Gasteiger partial charge on any atom is -0.506 e. The Morgan fingerprint density at radius 2 is 2.13 bits per heavy atom. The van der Waals surface area contributed by atoms with Crippen molar-refractivity contribution in [2.24, 2.45) is 5.92 Å². The summed E-state index contributed by atoms with van der Waals surface area (Å²) in [5.41, 5.74) is 0.460. The number of phenols is 1. The second kappa shape index (κ2) is 6.78. The van der Waals surface area contributed by atoms with E-state index in [1.807, 2.05) is 0 Å². The lowest BCUT2D eigenvalue weighted by molar-refractivity contribution is -0.121. The van der Waals surface area contributed by atoms with Crippen molar-refractivity contribution in [2.45, 2.75) is 26.3 Å². The molecule has 1 aromatic carbocycles. The van der Waals surface area contributed by atoms with Crippen molar-refractivity contribution in [3.05, 3.63) is 36.0 Å². The zero-order valence-electron chi connectivity index (χ0n) is 13.0. The summed E-state index contributed by atoms with van der Waals surface area (Å²) in [6, 6.07) is 6.76. The molecule has 3 rings (SSSR count). The molecule has 0 atom stereocenters. The third kappa shape index (κ3) is 3.87. The molecule has 1 aliphatic rings. The summed E-state index contributed by atoms with van der Waals surface area (Å²) < 4.78 is 5.12. The number of anilines is 1. The third-order valence-corrected chi connectivity index (χ3v) is 4.05. The quantitative estimate of drug-likeness (QED) is 0.838. The van der Waals surface area contributed by atoms with Crippen LogP contribution in [0.3, 0.4) is 0 Å². The number of rotatable bonds is 4. The maximum Gasteiger partial charge on any atom is 0.240 e. The fourth-order valence-electron chi connectivity index (χ4n) is 2.76. The van der Waals surface area contributed by atoms with E-state index in [0.717, 1.165) is 25.9 Å². The zero-order chi connectivity index (χ0) is 16.2. The average molecular weight is 316 g/mol. The van der Waals surface area contributed by atoms with Crippen LogP contribution >= 0.6 is 0 Å². The lowest BCUT2D eigenvalue weighted by Crippen LogP contribution is -2.37. The maximum absolute atomic E-state index is 12.3. The number of nitrogens with zero attached hydrogens (tertiary/aromatic N) is 3. The number of nitrogens with one attached hydrogen (secondary N) is 1. The van der Waals surface area contributed by atoms with Crippen LogP contribution in [0.4, 0.5) is 5.69 Å². The first-order valence-electron chi connectivity index (χ1n) is 7.72. The molecule has 0 spiro atoms. The van der Waals surface area contributed by atoms with Gasteiger partial charge in [0.05, 0.1) is 12.2 Å². The van der Waals surface area contributed by atoms with Crippen LogP contribution in [0, 0.1) is 12.8 Å². The predicted octanol–water partition coefficient (Wildman–Crippen LogP) is 1.93. The zero-order valence-corrected chi connectivity index (χ0v) is 13.0. The van der Waals surface area contributed by atoms with Crippen LogP contribution in [0.1, 0.15) is 24.6 Å². The van der Waals surface area contributed by atoms with Gasteiger partial charge < -0.3 is 14.9 Å². The number of carbonyl (C=O) groups is 1. The van der Waals surface area contributed by atoms with Crippen molar-refractivity contribution >= 4 is 11.6 Å². The van der Waals surface area contributed by atoms with Gasteiger partial charge >= 0.3 is 0 Å². The van der Waals surface area contributed by atoms with Crippen LogP contribution < -0.4 is 5.32 Å². The van der Waals surface area contributed by atoms with Crippen molar-refractivity contribution in [1.82, 2.24) is 15.0 Å². The van der Waals surface area contributed by atoms with Gasteiger partial charge in [0.25, 0.3) is 0 Å². The van der Waals surface area contributed by atoms with Gasteiger partial charge in [0.15, 0.2) is 5.82 Å². The minimum atomic E-state index is -0.0460. The Hall–Kier alpha value is -2.41. The molecule has 2 heterocycles. The number of likely N-dealkylation sites (tertiary alicyclic amines) is 1. The van der Waals surface area contributed by atoms with Crippen molar-refractivity contribution in [3.63, 3.8) is 0 Å². The number of benzene rings is 1. The van der Waals surface area contributed by atoms with Gasteiger partial charge in [-0.2, -0.15) is 4.98 Å². The fraction of sp³-hybridized carbons (Fsp3) is 0.438. The van der Waals surface area contributed by atoms with Gasteiger partial charge in [-0.25, -0.2) is 0 Å². The van der Waals surface area contributed by atoms with Crippen LogP contribution in [-0.4, -0.2) is 39.1 Å². The van der Waals surface area contributed by atoms with Crippen LogP contribution in [0.25, 0.3) is 0 Å². The highest BCUT2D eigenvalue weighted by molar-refractivity contribution is 5.93. The van der Waals surface area contributed by atoms with E-state index in [4.69, 9.17) is 4.52 Å². The first kappa shape index (κ1) is 15.5. The van der Waals surface area contributed by atoms with Gasteiger partial charge in [-0.1, -0.05) is 17.3 Å². The summed E-state index contributed by atoms with van der Waals surface area (Å²) in [5.74, 6) is 1.25. The van der Waals surface area contributed by atoms with Crippen molar-refractivity contribution in [3.8, 4) is 5.75 Å². The van der Waals surface area contributed by atoms with E-state index in [1.54, 1.807) is 31.2 Å². The van der Waals surface area contributed by atoms with Crippen LogP contribution in [-0.2, 0) is 11.3 Å². The van der Waals surface area contributed by atoms with E-state index in [9.17, 15) is 9.90 Å². The van der Waals surface area contributed by atoms with Crippen molar-refractivity contribution < 1.29 is 14.4 Å². The predicted molar refractivity (Wildman–Crippen MR) is 83.8 cm³/mol. The maximum atomic E-state index is 12.3. The molecule has 0 saturated carbocycles. The van der Waals surface area contributed by atoms with Gasteiger partial charge in [0.2, 0.25) is 11.8 Å². The summed E-state index contributed by atoms with van der Waals surface area (Å²) in [6.07, 6.45) is 1.54. The number of carbonyl (C=O) groups excluding carboxylic acids is 1. The van der Waals surface area contributed by atoms with Crippen LogP contribution in [0.2, 0.25) is 0 Å². The van der Waals surface area contributed by atoms with Crippen molar-refractivity contribution in [1.29, 1.82) is 0 Å². The highest BCUT2D eigenvalue weighted by Crippen LogP contribution is 2.25. The van der Waals surface area contributed by atoms with Gasteiger partial charge in [-0.15, -0.1) is 0 Å². The Balaban J connectivity index is 1.50. The molecule has 0 radical (unpaired) electrons. The molecule has 122 valence electrons. The van der Waals surface area contributed by atoms with Gasteiger partial charge in [0.1, 0.15) is 5.75 Å². The van der Waals surface area contributed by atoms with E-state index in [0.29, 0.717) is 23.9 Å². The molecule has 1 aromatic heterocycles. The average Bonchev–Trinajstić information content (AvgIpc) is 2.95. The monoisotopic (exact) mass is 316 g/mol. The number of amides is 1. The lowest BCUT2D eigenvalue weighted by Gasteiger charge is -2.30. The molecular weight excluding hydrogens is 296 g/mol. The second-order valence-corrected chi connectivity index (χ2v) is 5.79. The molecule has 7 heteroatoms. The van der Waals surface area contributed by atoms with E-state index in [-0.39, 0.29) is 17.6 Å². The molecule has 0 bridgehead atoms. The Kier molecular flexibility index (Phi) is 4.57. The molecule has 1 aliphatic heterocycles. The van der Waals surface area contributed by atoms with E-state index < -0.39 is 0 Å². The normalized spacial score (nSPS) is 16.4. The number of hydrogen-bond donors (Lipinski definition) is 2. The lowest BCUT2D eigenvalue weighted by atomic mass is 9.96. The molecule has 2 aromatic rings. The number of hydrogen-bond acceptors (Lipinski definition) is 6. The molecule has 1 amide bonds. The Labute approximate surface area is 134 Å². The third-order valence-electron chi connectivity index (χ3n) is 4.05. The standard InChI is InChI=1S/C16H20N4O3/c1-11-17-15(23-19-11)10-20-8-6-12(7-9-20)16(22)18-13-4-2-3-5-14(13)21/h2-5,12,21H,6-10H2,1H3,(H,18,22). The number of piperidine rings is 1.